The zero-order valence-electron chi connectivity index (χ0n) is 12.0. The second kappa shape index (κ2) is 7.02. The first-order valence-electron chi connectivity index (χ1n) is 6.92. The average Bonchev–Trinajstić information content (AvgIpc) is 3.04. The predicted molar refractivity (Wildman–Crippen MR) is 93.2 cm³/mol. The molecule has 114 valence electrons. The van der Waals surface area contributed by atoms with Gasteiger partial charge in [-0.15, -0.1) is 0 Å². The number of aromatic nitrogens is 2. The number of benzene rings is 2. The highest BCUT2D eigenvalue weighted by Crippen LogP contribution is 2.19. The lowest BCUT2D eigenvalue weighted by molar-refractivity contribution is 0.0955. The van der Waals surface area contributed by atoms with Crippen LogP contribution in [0.25, 0.3) is 11.3 Å². The van der Waals surface area contributed by atoms with E-state index in [0.717, 1.165) is 21.3 Å². The van der Waals surface area contributed by atoms with Crippen LogP contribution >= 0.6 is 15.9 Å². The lowest BCUT2D eigenvalue weighted by Gasteiger charge is -2.01. The Labute approximate surface area is 141 Å². The Kier molecular flexibility index (Phi) is 4.63. The van der Waals surface area contributed by atoms with Gasteiger partial charge >= 0.3 is 0 Å². The van der Waals surface area contributed by atoms with E-state index in [1.165, 1.54) is 0 Å². The van der Waals surface area contributed by atoms with Gasteiger partial charge < -0.3 is 0 Å². The lowest BCUT2D eigenvalue weighted by atomic mass is 10.1. The topological polar surface area (TPSA) is 70.1 Å². The number of H-pyrrole nitrogens is 1. The third kappa shape index (κ3) is 3.73. The summed E-state index contributed by atoms with van der Waals surface area (Å²) in [6.07, 6.45) is 3.23. The SMILES string of the molecule is O=C(NN=Cc1cn[nH]c1-c1ccccc1)c1cccc(Br)c1. The number of carbonyl (C=O) groups is 1. The average molecular weight is 369 g/mol. The van der Waals surface area contributed by atoms with Gasteiger partial charge in [-0.25, -0.2) is 5.43 Å². The molecular formula is C17H13BrN4O. The maximum Gasteiger partial charge on any atom is 0.271 e. The predicted octanol–water partition coefficient (Wildman–Crippen LogP) is 3.60. The molecule has 3 aromatic rings. The minimum atomic E-state index is -0.271. The van der Waals surface area contributed by atoms with Gasteiger partial charge in [-0.2, -0.15) is 10.2 Å². The third-order valence-corrected chi connectivity index (χ3v) is 3.68. The van der Waals surface area contributed by atoms with Crippen molar-refractivity contribution >= 4 is 28.1 Å². The molecule has 6 heteroatoms. The number of nitrogens with zero attached hydrogens (tertiary/aromatic N) is 2. The molecule has 23 heavy (non-hydrogen) atoms. The molecule has 0 saturated heterocycles. The smallest absolute Gasteiger partial charge is 0.271 e. The van der Waals surface area contributed by atoms with Gasteiger partial charge in [0.2, 0.25) is 0 Å². The van der Waals surface area contributed by atoms with Crippen molar-refractivity contribution in [2.75, 3.05) is 0 Å². The minimum absolute atomic E-state index is 0.271. The van der Waals surface area contributed by atoms with E-state index in [2.05, 4.69) is 36.7 Å². The van der Waals surface area contributed by atoms with E-state index in [1.807, 2.05) is 36.4 Å². The normalized spacial score (nSPS) is 10.8. The number of halogens is 1. The summed E-state index contributed by atoms with van der Waals surface area (Å²) in [7, 11) is 0. The van der Waals surface area contributed by atoms with Gasteiger partial charge in [-0.05, 0) is 18.2 Å². The summed E-state index contributed by atoms with van der Waals surface area (Å²) in [6, 6.07) is 16.9. The number of aromatic amines is 1. The molecule has 0 unspecified atom stereocenters. The van der Waals surface area contributed by atoms with Gasteiger partial charge in [0.1, 0.15) is 0 Å². The summed E-state index contributed by atoms with van der Waals surface area (Å²) in [5.41, 5.74) is 5.70. The molecular weight excluding hydrogens is 356 g/mol. The number of amides is 1. The molecule has 1 heterocycles. The van der Waals surface area contributed by atoms with Crippen LogP contribution in [0.1, 0.15) is 15.9 Å². The molecule has 2 N–H and O–H groups in total. The van der Waals surface area contributed by atoms with Crippen molar-refractivity contribution in [2.45, 2.75) is 0 Å². The molecule has 1 aromatic heterocycles. The van der Waals surface area contributed by atoms with Crippen molar-refractivity contribution in [1.82, 2.24) is 15.6 Å². The summed E-state index contributed by atoms with van der Waals surface area (Å²) >= 11 is 3.33. The van der Waals surface area contributed by atoms with Crippen molar-refractivity contribution < 1.29 is 4.79 Å². The van der Waals surface area contributed by atoms with Crippen molar-refractivity contribution in [1.29, 1.82) is 0 Å². The first-order chi connectivity index (χ1) is 11.2. The summed E-state index contributed by atoms with van der Waals surface area (Å²) in [6.45, 7) is 0. The van der Waals surface area contributed by atoms with Crippen molar-refractivity contribution in [2.24, 2.45) is 5.10 Å². The van der Waals surface area contributed by atoms with E-state index in [-0.39, 0.29) is 5.91 Å². The zero-order valence-corrected chi connectivity index (χ0v) is 13.6. The Balaban J connectivity index is 1.72. The monoisotopic (exact) mass is 368 g/mol. The fourth-order valence-electron chi connectivity index (χ4n) is 2.08. The van der Waals surface area contributed by atoms with Crippen LogP contribution in [0.2, 0.25) is 0 Å². The van der Waals surface area contributed by atoms with Gasteiger partial charge in [0.25, 0.3) is 5.91 Å². The molecule has 0 atom stereocenters. The first-order valence-corrected chi connectivity index (χ1v) is 7.71. The molecule has 1 amide bonds. The Hall–Kier alpha value is -2.73. The van der Waals surface area contributed by atoms with Gasteiger partial charge in [0.05, 0.1) is 18.1 Å². The number of carbonyl (C=O) groups excluding carboxylic acids is 1. The van der Waals surface area contributed by atoms with Crippen molar-refractivity contribution in [3.8, 4) is 11.3 Å². The summed E-state index contributed by atoms with van der Waals surface area (Å²) in [5.74, 6) is -0.271. The molecule has 5 nitrogen and oxygen atoms in total. The molecule has 0 saturated carbocycles. The third-order valence-electron chi connectivity index (χ3n) is 3.19. The number of hydrazone groups is 1. The highest BCUT2D eigenvalue weighted by atomic mass is 79.9. The van der Waals surface area contributed by atoms with Gasteiger partial charge in [-0.1, -0.05) is 52.3 Å². The fourth-order valence-corrected chi connectivity index (χ4v) is 2.48. The zero-order chi connectivity index (χ0) is 16.1. The molecule has 0 aliphatic carbocycles. The molecule has 3 rings (SSSR count). The van der Waals surface area contributed by atoms with Crippen LogP contribution < -0.4 is 5.43 Å². The van der Waals surface area contributed by atoms with Crippen LogP contribution in [-0.2, 0) is 0 Å². The second-order valence-corrected chi connectivity index (χ2v) is 5.69. The quantitative estimate of drug-likeness (QED) is 0.545. The van der Waals surface area contributed by atoms with Crippen LogP contribution in [0.3, 0.4) is 0 Å². The first kappa shape index (κ1) is 15.2. The van der Waals surface area contributed by atoms with Crippen LogP contribution in [0.15, 0.2) is 70.4 Å². The molecule has 2 aromatic carbocycles. The molecule has 0 aliphatic heterocycles. The van der Waals surface area contributed by atoms with Crippen LogP contribution in [0.5, 0.6) is 0 Å². The van der Waals surface area contributed by atoms with E-state index in [1.54, 1.807) is 30.6 Å². The van der Waals surface area contributed by atoms with E-state index < -0.39 is 0 Å². The number of rotatable bonds is 4. The molecule has 0 spiro atoms. The number of hydrogen-bond donors (Lipinski definition) is 2. The Bertz CT molecular complexity index is 843. The van der Waals surface area contributed by atoms with Crippen molar-refractivity contribution in [3.63, 3.8) is 0 Å². The maximum atomic E-state index is 12.0. The molecule has 0 bridgehead atoms. The Morgan fingerprint density at radius 3 is 2.78 bits per heavy atom. The molecule has 0 aliphatic rings. The largest absolute Gasteiger partial charge is 0.277 e. The lowest BCUT2D eigenvalue weighted by Crippen LogP contribution is -2.17. The van der Waals surface area contributed by atoms with E-state index >= 15 is 0 Å². The van der Waals surface area contributed by atoms with E-state index in [0.29, 0.717) is 5.56 Å². The fraction of sp³-hybridized carbons (Fsp3) is 0. The highest BCUT2D eigenvalue weighted by molar-refractivity contribution is 9.10. The van der Waals surface area contributed by atoms with Gasteiger partial charge in [-0.3, -0.25) is 9.89 Å². The van der Waals surface area contributed by atoms with Gasteiger partial charge in [0.15, 0.2) is 0 Å². The molecule has 0 radical (unpaired) electrons. The Morgan fingerprint density at radius 2 is 2.00 bits per heavy atom. The summed E-state index contributed by atoms with van der Waals surface area (Å²) < 4.78 is 0.843. The number of hydrogen-bond acceptors (Lipinski definition) is 3. The van der Waals surface area contributed by atoms with Crippen LogP contribution in [-0.4, -0.2) is 22.3 Å². The van der Waals surface area contributed by atoms with Crippen LogP contribution in [0, 0.1) is 0 Å². The Morgan fingerprint density at radius 1 is 1.17 bits per heavy atom. The maximum absolute atomic E-state index is 12.0. The minimum Gasteiger partial charge on any atom is -0.277 e. The van der Waals surface area contributed by atoms with Crippen molar-refractivity contribution in [3.05, 3.63) is 76.4 Å². The number of nitrogens with one attached hydrogen (secondary N) is 2. The standard InChI is InChI=1S/C17H13BrN4O/c18-15-8-4-7-13(9-15)17(23)22-20-11-14-10-19-21-16(14)12-5-2-1-3-6-12/h1-11H,(H,19,21)(H,22,23). The molecule has 0 fully saturated rings. The summed E-state index contributed by atoms with van der Waals surface area (Å²) in [5, 5.41) is 11.0. The van der Waals surface area contributed by atoms with E-state index in [4.69, 9.17) is 0 Å². The van der Waals surface area contributed by atoms with Gasteiger partial charge in [0, 0.05) is 21.2 Å². The summed E-state index contributed by atoms with van der Waals surface area (Å²) in [4.78, 5) is 12.0. The van der Waals surface area contributed by atoms with E-state index in [9.17, 15) is 4.79 Å². The van der Waals surface area contributed by atoms with Crippen LogP contribution in [0.4, 0.5) is 0 Å². The second-order valence-electron chi connectivity index (χ2n) is 4.78. The highest BCUT2D eigenvalue weighted by Gasteiger charge is 2.06.